The zero-order valence-electron chi connectivity index (χ0n) is 20.1. The van der Waals surface area contributed by atoms with Gasteiger partial charge in [-0.1, -0.05) is 42.5 Å². The van der Waals surface area contributed by atoms with Crippen LogP contribution >= 0.6 is 0 Å². The molecule has 0 unspecified atom stereocenters. The molecular weight excluding hydrogens is 447 g/mol. The lowest BCUT2D eigenvalue weighted by Crippen LogP contribution is -2.45. The van der Waals surface area contributed by atoms with Crippen molar-refractivity contribution in [3.8, 4) is 0 Å². The number of hydrogen-bond donors (Lipinski definition) is 2. The van der Waals surface area contributed by atoms with E-state index in [0.29, 0.717) is 18.8 Å². The van der Waals surface area contributed by atoms with Crippen LogP contribution in [0.25, 0.3) is 0 Å². The van der Waals surface area contributed by atoms with Crippen molar-refractivity contribution in [1.82, 2.24) is 15.1 Å². The average Bonchev–Trinajstić information content (AvgIpc) is 3.25. The van der Waals surface area contributed by atoms with Crippen LogP contribution in [0.2, 0.25) is 0 Å². The van der Waals surface area contributed by atoms with E-state index in [4.69, 9.17) is 4.74 Å². The van der Waals surface area contributed by atoms with Gasteiger partial charge in [-0.3, -0.25) is 14.3 Å². The fourth-order valence-electron chi connectivity index (χ4n) is 4.88. The Morgan fingerprint density at radius 1 is 1.11 bits per heavy atom. The topological polar surface area (TPSA) is 85.3 Å². The van der Waals surface area contributed by atoms with Gasteiger partial charge in [0.25, 0.3) is 5.91 Å². The van der Waals surface area contributed by atoms with Gasteiger partial charge in [0.2, 0.25) is 5.91 Å². The molecule has 1 aliphatic heterocycles. The van der Waals surface area contributed by atoms with Crippen molar-refractivity contribution in [1.29, 1.82) is 0 Å². The molecule has 8 heteroatoms. The Hall–Kier alpha value is -3.52. The minimum Gasteiger partial charge on any atom is -0.376 e. The lowest BCUT2D eigenvalue weighted by atomic mass is 9.67. The Bertz CT molecular complexity index is 1180. The summed E-state index contributed by atoms with van der Waals surface area (Å²) in [5.41, 5.74) is 1.32. The third kappa shape index (κ3) is 6.14. The summed E-state index contributed by atoms with van der Waals surface area (Å²) in [5.74, 6) is -1.34. The summed E-state index contributed by atoms with van der Waals surface area (Å²) < 4.78 is 21.2. The maximum Gasteiger partial charge on any atom is 0.258 e. The van der Waals surface area contributed by atoms with Gasteiger partial charge in [-0.15, -0.1) is 0 Å². The van der Waals surface area contributed by atoms with Crippen molar-refractivity contribution in [2.45, 2.75) is 50.7 Å². The first-order chi connectivity index (χ1) is 16.8. The molecule has 1 aliphatic rings. The van der Waals surface area contributed by atoms with Crippen LogP contribution in [0.15, 0.2) is 67.0 Å². The van der Waals surface area contributed by atoms with Crippen LogP contribution in [0.3, 0.4) is 0 Å². The fourth-order valence-corrected chi connectivity index (χ4v) is 4.88. The van der Waals surface area contributed by atoms with Gasteiger partial charge in [-0.05, 0) is 50.8 Å². The van der Waals surface area contributed by atoms with Gasteiger partial charge in [-0.25, -0.2) is 4.39 Å². The number of amides is 2. The third-order valence-electron chi connectivity index (χ3n) is 6.46. The number of hydrogen-bond acceptors (Lipinski definition) is 4. The largest absolute Gasteiger partial charge is 0.376 e. The van der Waals surface area contributed by atoms with Crippen LogP contribution in [0.5, 0.6) is 0 Å². The molecule has 0 saturated carbocycles. The molecule has 1 atom stereocenters. The number of carbonyl (C=O) groups excluding carboxylic acids is 2. The quantitative estimate of drug-likeness (QED) is 0.505. The molecule has 0 aliphatic carbocycles. The first-order valence-corrected chi connectivity index (χ1v) is 11.8. The van der Waals surface area contributed by atoms with E-state index in [-0.39, 0.29) is 29.0 Å². The van der Waals surface area contributed by atoms with Crippen LogP contribution in [0, 0.1) is 5.82 Å². The standard InChI is InChI=1S/C27H31FN4O3/c1-26(2)19-27(13-15-35-26,20-8-4-3-5-9-20)12-14-29-24(33)18-32-17-21(16-30-32)31-25(34)22-10-6-7-11-23(22)28/h3-11,16-17H,12-15,18-19H2,1-2H3,(H,29,33)(H,31,34)/t27-/m1/s1. The monoisotopic (exact) mass is 478 g/mol. The van der Waals surface area contributed by atoms with Crippen LogP contribution in [-0.4, -0.2) is 40.3 Å². The predicted octanol–water partition coefficient (Wildman–Crippen LogP) is 4.31. The van der Waals surface area contributed by atoms with E-state index in [1.54, 1.807) is 12.3 Å². The highest BCUT2D eigenvalue weighted by molar-refractivity contribution is 6.04. The van der Waals surface area contributed by atoms with Gasteiger partial charge in [0.1, 0.15) is 12.4 Å². The maximum atomic E-state index is 13.8. The van der Waals surface area contributed by atoms with Gasteiger partial charge in [-0.2, -0.15) is 5.10 Å². The van der Waals surface area contributed by atoms with Gasteiger partial charge in [0, 0.05) is 24.8 Å². The number of nitrogens with zero attached hydrogens (tertiary/aromatic N) is 2. The molecule has 3 aromatic rings. The molecule has 1 saturated heterocycles. The first-order valence-electron chi connectivity index (χ1n) is 11.8. The highest BCUT2D eigenvalue weighted by Gasteiger charge is 2.41. The number of ether oxygens (including phenoxy) is 1. The van der Waals surface area contributed by atoms with E-state index < -0.39 is 11.7 Å². The van der Waals surface area contributed by atoms with Crippen LogP contribution in [-0.2, 0) is 21.5 Å². The van der Waals surface area contributed by atoms with Gasteiger partial charge < -0.3 is 15.4 Å². The average molecular weight is 479 g/mol. The number of aromatic nitrogens is 2. The smallest absolute Gasteiger partial charge is 0.258 e. The lowest BCUT2D eigenvalue weighted by molar-refractivity contribution is -0.122. The number of carbonyl (C=O) groups is 2. The van der Waals surface area contributed by atoms with E-state index in [2.05, 4.69) is 53.8 Å². The van der Waals surface area contributed by atoms with Crippen molar-refractivity contribution < 1.29 is 18.7 Å². The summed E-state index contributed by atoms with van der Waals surface area (Å²) in [6.45, 7) is 5.46. The molecule has 1 fully saturated rings. The molecule has 4 rings (SSSR count). The molecule has 0 spiro atoms. The summed E-state index contributed by atoms with van der Waals surface area (Å²) in [6, 6.07) is 16.2. The summed E-state index contributed by atoms with van der Waals surface area (Å²) >= 11 is 0. The lowest BCUT2D eigenvalue weighted by Gasteiger charge is -2.45. The van der Waals surface area contributed by atoms with Crippen molar-refractivity contribution >= 4 is 17.5 Å². The van der Waals surface area contributed by atoms with Gasteiger partial charge >= 0.3 is 0 Å². The minimum absolute atomic E-state index is 0.0164. The molecule has 1 aromatic heterocycles. The van der Waals surface area contributed by atoms with E-state index in [1.165, 1.54) is 34.6 Å². The maximum absolute atomic E-state index is 13.8. The second-order valence-electron chi connectivity index (χ2n) is 9.64. The molecule has 7 nitrogen and oxygen atoms in total. The van der Waals surface area contributed by atoms with Gasteiger partial charge in [0.05, 0.1) is 23.0 Å². The molecule has 0 bridgehead atoms. The van der Waals surface area contributed by atoms with E-state index >= 15 is 0 Å². The van der Waals surface area contributed by atoms with Crippen molar-refractivity contribution in [2.24, 2.45) is 0 Å². The summed E-state index contributed by atoms with van der Waals surface area (Å²) in [6.07, 6.45) is 5.56. The Morgan fingerprint density at radius 2 is 1.86 bits per heavy atom. The highest BCUT2D eigenvalue weighted by Crippen LogP contribution is 2.43. The number of halogens is 1. The number of nitrogens with one attached hydrogen (secondary N) is 2. The minimum atomic E-state index is -0.599. The van der Waals surface area contributed by atoms with Crippen molar-refractivity contribution in [3.05, 3.63) is 83.9 Å². The summed E-state index contributed by atoms with van der Waals surface area (Å²) in [4.78, 5) is 24.9. The Kier molecular flexibility index (Phi) is 7.31. The van der Waals surface area contributed by atoms with Crippen LogP contribution in [0.4, 0.5) is 10.1 Å². The third-order valence-corrected chi connectivity index (χ3v) is 6.46. The second-order valence-corrected chi connectivity index (χ2v) is 9.64. The highest BCUT2D eigenvalue weighted by atomic mass is 19.1. The van der Waals surface area contributed by atoms with Crippen LogP contribution < -0.4 is 10.6 Å². The molecular formula is C27H31FN4O3. The zero-order valence-corrected chi connectivity index (χ0v) is 20.1. The molecule has 184 valence electrons. The van der Waals surface area contributed by atoms with Crippen molar-refractivity contribution in [2.75, 3.05) is 18.5 Å². The zero-order chi connectivity index (χ0) is 24.9. The number of benzene rings is 2. The normalized spacial score (nSPS) is 19.2. The van der Waals surface area contributed by atoms with E-state index in [9.17, 15) is 14.0 Å². The number of rotatable bonds is 8. The molecule has 2 heterocycles. The molecule has 35 heavy (non-hydrogen) atoms. The molecule has 2 amide bonds. The predicted molar refractivity (Wildman–Crippen MR) is 132 cm³/mol. The Balaban J connectivity index is 1.32. The van der Waals surface area contributed by atoms with E-state index in [1.807, 2.05) is 6.07 Å². The van der Waals surface area contributed by atoms with Crippen LogP contribution in [0.1, 0.15) is 49.0 Å². The van der Waals surface area contributed by atoms with E-state index in [0.717, 1.165) is 19.3 Å². The van der Waals surface area contributed by atoms with Crippen molar-refractivity contribution in [3.63, 3.8) is 0 Å². The summed E-state index contributed by atoms with van der Waals surface area (Å²) in [5, 5.41) is 9.74. The molecule has 2 aromatic carbocycles. The summed E-state index contributed by atoms with van der Waals surface area (Å²) in [7, 11) is 0. The first kappa shape index (κ1) is 24.6. The fraction of sp³-hybridized carbons (Fsp3) is 0.370. The molecule has 0 radical (unpaired) electrons. The Labute approximate surface area is 204 Å². The molecule has 2 N–H and O–H groups in total. The second kappa shape index (κ2) is 10.4. The number of anilines is 1. The Morgan fingerprint density at radius 3 is 2.60 bits per heavy atom. The van der Waals surface area contributed by atoms with Gasteiger partial charge in [0.15, 0.2) is 0 Å². The SMILES string of the molecule is CC1(C)C[C@](CCNC(=O)Cn2cc(NC(=O)c3ccccc3F)cn2)(c2ccccc2)CCO1.